The molecule has 0 saturated carbocycles. The summed E-state index contributed by atoms with van der Waals surface area (Å²) in [6, 6.07) is 16.5. The number of benzene rings is 1. The van der Waals surface area contributed by atoms with Gasteiger partial charge in [0.2, 0.25) is 10.9 Å². The number of likely N-dealkylation sites (N-methyl/N-ethyl adjacent to an activating group) is 1. The van der Waals surface area contributed by atoms with E-state index in [0.29, 0.717) is 24.4 Å². The van der Waals surface area contributed by atoms with Gasteiger partial charge in [0.15, 0.2) is 18.1 Å². The average Bonchev–Trinajstić information content (AvgIpc) is 3.16. The second-order valence-corrected chi connectivity index (χ2v) is 11.0. The summed E-state index contributed by atoms with van der Waals surface area (Å²) < 4.78 is 5.65. The average molecular weight is 597 g/mol. The van der Waals surface area contributed by atoms with Gasteiger partial charge >= 0.3 is 0 Å². The molecule has 0 unspecified atom stereocenters. The lowest BCUT2D eigenvalue weighted by atomic mass is 9.85. The van der Waals surface area contributed by atoms with E-state index in [4.69, 9.17) is 4.74 Å². The van der Waals surface area contributed by atoms with E-state index in [-0.39, 0.29) is 47.9 Å². The normalized spacial score (nSPS) is 11.1. The van der Waals surface area contributed by atoms with E-state index in [1.54, 1.807) is 48.5 Å². The quantitative estimate of drug-likeness (QED) is 0.293. The van der Waals surface area contributed by atoms with Crippen LogP contribution in [0.5, 0.6) is 17.2 Å². The van der Waals surface area contributed by atoms with Crippen molar-refractivity contribution in [3.63, 3.8) is 0 Å². The summed E-state index contributed by atoms with van der Waals surface area (Å²) in [7, 11) is 3.84. The van der Waals surface area contributed by atoms with Crippen molar-refractivity contribution in [3.05, 3.63) is 109 Å². The first-order valence-corrected chi connectivity index (χ1v) is 13.8. The molecular formula is C33H41ClN2O6. The number of carbonyl (C=O) groups is 1. The zero-order valence-corrected chi connectivity index (χ0v) is 25.8. The highest BCUT2D eigenvalue weighted by Crippen LogP contribution is 2.39. The van der Waals surface area contributed by atoms with Crippen molar-refractivity contribution in [2.24, 2.45) is 0 Å². The molecule has 8 nitrogen and oxygen atoms in total. The van der Waals surface area contributed by atoms with E-state index in [1.807, 2.05) is 46.7 Å². The summed E-state index contributed by atoms with van der Waals surface area (Å²) in [5.74, 6) is -1.48. The topological polar surface area (TPSA) is 116 Å². The fourth-order valence-corrected chi connectivity index (χ4v) is 4.44. The number of hydrogen-bond donors (Lipinski definition) is 3. The molecule has 0 spiro atoms. The Labute approximate surface area is 253 Å². The minimum atomic E-state index is -0.849. The third kappa shape index (κ3) is 8.81. The van der Waals surface area contributed by atoms with Crippen LogP contribution >= 0.6 is 12.4 Å². The minimum absolute atomic E-state index is 0. The minimum Gasteiger partial charge on any atom is -0.504 e. The Bertz CT molecular complexity index is 1410. The van der Waals surface area contributed by atoms with Gasteiger partial charge in [0.05, 0.1) is 0 Å². The number of carbonyl (C=O) groups excluding carboxylic acids is 1. The zero-order chi connectivity index (χ0) is 30.3. The maximum atomic E-state index is 13.0. The second kappa shape index (κ2) is 15.4. The van der Waals surface area contributed by atoms with Crippen molar-refractivity contribution in [3.8, 4) is 17.2 Å². The Balaban J connectivity index is 0.00000616. The first kappa shape index (κ1) is 34.3. The van der Waals surface area contributed by atoms with Gasteiger partial charge in [0, 0.05) is 30.1 Å². The fourth-order valence-electron chi connectivity index (χ4n) is 4.44. The summed E-state index contributed by atoms with van der Waals surface area (Å²) in [6.07, 6.45) is 0. The van der Waals surface area contributed by atoms with E-state index in [1.165, 1.54) is 12.1 Å². The van der Waals surface area contributed by atoms with Gasteiger partial charge in [-0.3, -0.25) is 14.4 Å². The summed E-state index contributed by atoms with van der Waals surface area (Å²) >= 11 is 0. The highest BCUT2D eigenvalue weighted by molar-refractivity contribution is 5.85. The highest BCUT2D eigenvalue weighted by atomic mass is 35.5. The molecule has 3 aromatic rings. The number of nitrogens with zero attached hydrogens (tertiary/aromatic N) is 1. The Kier molecular flexibility index (Phi) is 12.6. The van der Waals surface area contributed by atoms with Crippen LogP contribution in [0.1, 0.15) is 73.3 Å². The van der Waals surface area contributed by atoms with Crippen LogP contribution < -0.4 is 20.9 Å². The number of halogens is 1. The van der Waals surface area contributed by atoms with Gasteiger partial charge in [0.25, 0.3) is 5.91 Å². The molecule has 0 aliphatic rings. The first-order valence-electron chi connectivity index (χ1n) is 13.8. The lowest BCUT2D eigenvalue weighted by molar-refractivity contribution is -0.123. The van der Waals surface area contributed by atoms with Crippen LogP contribution in [0.2, 0.25) is 0 Å². The number of hydrogen-bond acceptors (Lipinski definition) is 7. The molecule has 0 saturated heterocycles. The van der Waals surface area contributed by atoms with Gasteiger partial charge in [0.1, 0.15) is 5.75 Å². The molecule has 3 aromatic carbocycles. The Morgan fingerprint density at radius 1 is 0.786 bits per heavy atom. The summed E-state index contributed by atoms with van der Waals surface area (Å²) in [5.41, 5.74) is 1.50. The third-order valence-corrected chi connectivity index (χ3v) is 6.94. The van der Waals surface area contributed by atoms with Gasteiger partial charge in [-0.15, -0.1) is 12.4 Å². The third-order valence-electron chi connectivity index (χ3n) is 6.94. The molecule has 3 N–H and O–H groups in total. The van der Waals surface area contributed by atoms with E-state index in [9.17, 15) is 24.6 Å². The van der Waals surface area contributed by atoms with Crippen molar-refractivity contribution in [2.75, 3.05) is 33.8 Å². The predicted octanol–water partition coefficient (Wildman–Crippen LogP) is 4.72. The number of rotatable bonds is 11. The molecule has 0 aromatic heterocycles. The number of aromatic hydroxyl groups is 2. The van der Waals surface area contributed by atoms with Crippen molar-refractivity contribution in [1.29, 1.82) is 0 Å². The Morgan fingerprint density at radius 2 is 1.24 bits per heavy atom. The summed E-state index contributed by atoms with van der Waals surface area (Å²) in [5, 5.41) is 25.0. The van der Waals surface area contributed by atoms with E-state index >= 15 is 0 Å². The lowest BCUT2D eigenvalue weighted by Crippen LogP contribution is -2.34. The molecule has 0 atom stereocenters. The molecule has 3 rings (SSSR count). The second-order valence-electron chi connectivity index (χ2n) is 11.0. The van der Waals surface area contributed by atoms with Crippen LogP contribution in [0.25, 0.3) is 0 Å². The lowest BCUT2D eigenvalue weighted by Gasteiger charge is -2.19. The van der Waals surface area contributed by atoms with Crippen LogP contribution in [-0.2, 0) is 4.79 Å². The van der Waals surface area contributed by atoms with Crippen LogP contribution in [0.3, 0.4) is 0 Å². The molecular weight excluding hydrogens is 556 g/mol. The van der Waals surface area contributed by atoms with Crippen LogP contribution in [-0.4, -0.2) is 54.8 Å². The van der Waals surface area contributed by atoms with Gasteiger partial charge in [-0.05, 0) is 66.9 Å². The molecule has 1 amide bonds. The Hall–Kier alpha value is -3.88. The monoisotopic (exact) mass is 596 g/mol. The van der Waals surface area contributed by atoms with Crippen LogP contribution in [0.4, 0.5) is 0 Å². The molecule has 0 fully saturated rings. The SMILES string of the molecule is CC(C)c1ccc(C(c2ccc(OCC(=O)NCCN(C)C)cc2)c2ccc(C(C)C)cc(=O)c2O)c(O)c(=O)c1.Cl. The predicted molar refractivity (Wildman–Crippen MR) is 169 cm³/mol. The maximum Gasteiger partial charge on any atom is 0.257 e. The largest absolute Gasteiger partial charge is 0.504 e. The smallest absolute Gasteiger partial charge is 0.257 e. The van der Waals surface area contributed by atoms with Crippen LogP contribution in [0, 0.1) is 0 Å². The number of nitrogens with one attached hydrogen (secondary N) is 1. The Morgan fingerprint density at radius 3 is 1.67 bits per heavy atom. The number of ether oxygens (including phenoxy) is 1. The molecule has 0 heterocycles. The van der Waals surface area contributed by atoms with E-state index in [2.05, 4.69) is 5.32 Å². The van der Waals surface area contributed by atoms with Crippen molar-refractivity contribution in [1.82, 2.24) is 10.2 Å². The summed E-state index contributed by atoms with van der Waals surface area (Å²) in [6.45, 7) is 8.86. The molecule has 0 aliphatic carbocycles. The molecule has 0 bridgehead atoms. The first-order chi connectivity index (χ1) is 19.4. The molecule has 9 heteroatoms. The standard InChI is InChI=1S/C33H40N2O6.ClH/c1-20(2)23-9-13-26(32(39)28(36)17-23)31(27-14-10-24(21(3)4)18-29(37)33(27)40)22-7-11-25(12-8-22)41-19-30(38)34-15-16-35(5)6;/h7-14,17-18,20-21,31H,15-16,19H2,1-6H3,(H,34,38)(H,36,39)(H,37,40);1H. The van der Waals surface area contributed by atoms with Crippen molar-refractivity contribution >= 4 is 18.3 Å². The van der Waals surface area contributed by atoms with E-state index in [0.717, 1.165) is 11.1 Å². The zero-order valence-electron chi connectivity index (χ0n) is 25.0. The molecule has 0 aliphatic heterocycles. The van der Waals surface area contributed by atoms with Crippen molar-refractivity contribution in [2.45, 2.75) is 45.4 Å². The van der Waals surface area contributed by atoms with Crippen LogP contribution in [0.15, 0.2) is 70.3 Å². The highest BCUT2D eigenvalue weighted by Gasteiger charge is 2.25. The van der Waals surface area contributed by atoms with Gasteiger partial charge in [-0.25, -0.2) is 0 Å². The summed E-state index contributed by atoms with van der Waals surface area (Å²) in [4.78, 5) is 40.0. The van der Waals surface area contributed by atoms with Gasteiger partial charge < -0.3 is 25.2 Å². The molecule has 42 heavy (non-hydrogen) atoms. The molecule has 0 radical (unpaired) electrons. The fraction of sp³-hybridized carbons (Fsp3) is 0.364. The number of amides is 1. The van der Waals surface area contributed by atoms with Crippen molar-refractivity contribution < 1.29 is 19.7 Å². The van der Waals surface area contributed by atoms with Gasteiger partial charge in [-0.1, -0.05) is 64.1 Å². The van der Waals surface area contributed by atoms with E-state index < -0.39 is 28.3 Å². The maximum absolute atomic E-state index is 13.0. The van der Waals surface area contributed by atoms with Gasteiger partial charge in [-0.2, -0.15) is 0 Å². The molecule has 226 valence electrons.